The van der Waals surface area contributed by atoms with Gasteiger partial charge in [-0.1, -0.05) is 6.07 Å². The van der Waals surface area contributed by atoms with Crippen LogP contribution in [0.1, 0.15) is 24.6 Å². The first-order chi connectivity index (χ1) is 14.2. The van der Waals surface area contributed by atoms with Crippen LogP contribution < -0.4 is 14.4 Å². The summed E-state index contributed by atoms with van der Waals surface area (Å²) in [5, 5.41) is 9.81. The fourth-order valence-corrected chi connectivity index (χ4v) is 5.18. The van der Waals surface area contributed by atoms with E-state index in [1.807, 2.05) is 0 Å². The van der Waals surface area contributed by atoms with Gasteiger partial charge in [0.05, 0.1) is 17.8 Å². The minimum Gasteiger partial charge on any atom is -0.491 e. The normalized spacial score (nSPS) is 26.2. The smallest absolute Gasteiger partial charge is 0.290 e. The number of aromatic nitrogens is 2. The number of alkyl halides is 2. The number of fused-ring (bicyclic) bond motifs is 2. The Hall–Kier alpha value is -2.37. The number of halogens is 2. The van der Waals surface area contributed by atoms with Crippen LogP contribution in [0.15, 0.2) is 23.1 Å². The number of hydrogen-bond acceptors (Lipinski definition) is 7. The Labute approximate surface area is 172 Å². The number of β-amino-alcohol motifs (C(OH)–C–C–N with tert-alkyl or cyclic N) is 1. The second-order valence-corrected chi connectivity index (χ2v) is 9.51. The van der Waals surface area contributed by atoms with Crippen LogP contribution in [0.3, 0.4) is 0 Å². The molecular formula is C19H20F2N4O4S. The highest BCUT2D eigenvalue weighted by Crippen LogP contribution is 2.45. The van der Waals surface area contributed by atoms with Crippen LogP contribution in [-0.2, 0) is 22.4 Å². The van der Waals surface area contributed by atoms with E-state index < -0.39 is 22.0 Å². The van der Waals surface area contributed by atoms with Crippen molar-refractivity contribution in [3.05, 3.63) is 29.5 Å². The third-order valence-corrected chi connectivity index (χ3v) is 7.38. The molecule has 0 amide bonds. The summed E-state index contributed by atoms with van der Waals surface area (Å²) in [5.41, 5.74) is 0.868. The molecule has 0 saturated carbocycles. The van der Waals surface area contributed by atoms with Gasteiger partial charge in [0.2, 0.25) is 16.0 Å². The fourth-order valence-electron chi connectivity index (χ4n) is 4.04. The second kappa shape index (κ2) is 6.56. The molecule has 1 saturated heterocycles. The minimum absolute atomic E-state index is 0.000470. The number of nitrogens with one attached hydrogen (secondary N) is 1. The van der Waals surface area contributed by atoms with Crippen LogP contribution in [0.4, 0.5) is 14.7 Å². The molecule has 2 atom stereocenters. The lowest BCUT2D eigenvalue weighted by Gasteiger charge is -2.43. The van der Waals surface area contributed by atoms with Crippen LogP contribution in [0.2, 0.25) is 0 Å². The molecule has 1 aromatic heterocycles. The fraction of sp³-hybridized carbons (Fsp3) is 0.474. The first-order valence-electron chi connectivity index (χ1n) is 9.68. The van der Waals surface area contributed by atoms with Gasteiger partial charge in [-0.15, -0.1) is 0 Å². The summed E-state index contributed by atoms with van der Waals surface area (Å²) in [5.74, 6) is -2.78. The summed E-state index contributed by atoms with van der Waals surface area (Å²) in [6.45, 7) is 2.34. The van der Waals surface area contributed by atoms with Gasteiger partial charge in [-0.25, -0.2) is 23.1 Å². The molecule has 2 N–H and O–H groups in total. The Morgan fingerprint density at radius 3 is 2.87 bits per heavy atom. The number of aliphatic hydroxyl groups excluding tert-OH is 1. The van der Waals surface area contributed by atoms with Gasteiger partial charge in [0, 0.05) is 30.6 Å². The van der Waals surface area contributed by atoms with Gasteiger partial charge in [0.25, 0.3) is 5.92 Å². The maximum Gasteiger partial charge on any atom is 0.290 e. The zero-order valence-electron chi connectivity index (χ0n) is 16.1. The van der Waals surface area contributed by atoms with Gasteiger partial charge >= 0.3 is 0 Å². The van der Waals surface area contributed by atoms with Gasteiger partial charge in [-0.2, -0.15) is 8.78 Å². The molecule has 0 bridgehead atoms. The molecule has 1 aromatic carbocycles. The summed E-state index contributed by atoms with van der Waals surface area (Å²) in [7, 11) is -3.70. The zero-order chi connectivity index (χ0) is 21.3. The molecule has 0 unspecified atom stereocenters. The van der Waals surface area contributed by atoms with Crippen molar-refractivity contribution in [1.82, 2.24) is 14.7 Å². The van der Waals surface area contributed by atoms with Crippen LogP contribution in [0.5, 0.6) is 5.75 Å². The maximum atomic E-state index is 14.5. The lowest BCUT2D eigenvalue weighted by molar-refractivity contribution is -0.00603. The Morgan fingerprint density at radius 2 is 2.13 bits per heavy atom. The van der Waals surface area contributed by atoms with Crippen LogP contribution >= 0.6 is 0 Å². The zero-order valence-corrected chi connectivity index (χ0v) is 16.9. The first-order valence-corrected chi connectivity index (χ1v) is 11.2. The van der Waals surface area contributed by atoms with Crippen molar-refractivity contribution in [2.75, 3.05) is 24.6 Å². The average molecular weight is 438 g/mol. The Kier molecular flexibility index (Phi) is 4.28. The van der Waals surface area contributed by atoms with E-state index in [1.165, 1.54) is 12.1 Å². The van der Waals surface area contributed by atoms with Crippen LogP contribution in [0.25, 0.3) is 11.3 Å². The Balaban J connectivity index is 1.66. The van der Waals surface area contributed by atoms with Crippen molar-refractivity contribution < 1.29 is 27.0 Å². The third-order valence-electron chi connectivity index (χ3n) is 5.88. The highest BCUT2D eigenvalue weighted by Gasteiger charge is 2.45. The lowest BCUT2D eigenvalue weighted by atomic mass is 10.0. The number of sulfonamides is 1. The molecule has 11 heteroatoms. The van der Waals surface area contributed by atoms with Crippen molar-refractivity contribution >= 4 is 16.0 Å². The molecule has 0 spiro atoms. The van der Waals surface area contributed by atoms with E-state index >= 15 is 0 Å². The Bertz CT molecular complexity index is 1140. The molecule has 0 radical (unpaired) electrons. The molecule has 8 nitrogen and oxygen atoms in total. The van der Waals surface area contributed by atoms with Crippen molar-refractivity contribution in [3.63, 3.8) is 0 Å². The van der Waals surface area contributed by atoms with Crippen molar-refractivity contribution in [2.45, 2.75) is 42.7 Å². The van der Waals surface area contributed by atoms with E-state index in [4.69, 9.17) is 4.74 Å². The van der Waals surface area contributed by atoms with Crippen LogP contribution in [-0.4, -0.2) is 55.3 Å². The standard InChI is InChI=1S/C19H20F2N4O4S/c1-10-13(26)9-25(10)18-23-16(12-4-5-19(20,21)17(12)24-18)11-2-3-15-14(8-11)29-7-6-22-30(15,27)28/h2-3,8,10,13,22,26H,4-7,9H2,1H3/t10-,13+/m0/s1. The predicted molar refractivity (Wildman–Crippen MR) is 103 cm³/mol. The van der Waals surface area contributed by atoms with Gasteiger partial charge in [-0.3, -0.25) is 0 Å². The topological polar surface area (TPSA) is 105 Å². The van der Waals surface area contributed by atoms with E-state index in [2.05, 4.69) is 14.7 Å². The summed E-state index contributed by atoms with van der Waals surface area (Å²) < 4.78 is 61.7. The largest absolute Gasteiger partial charge is 0.491 e. The van der Waals surface area contributed by atoms with Gasteiger partial charge < -0.3 is 14.7 Å². The number of anilines is 1. The molecule has 2 aromatic rings. The maximum absolute atomic E-state index is 14.5. The lowest BCUT2D eigenvalue weighted by Crippen LogP contribution is -2.59. The molecule has 30 heavy (non-hydrogen) atoms. The first kappa shape index (κ1) is 19.6. The van der Waals surface area contributed by atoms with Gasteiger partial charge in [0.15, 0.2) is 0 Å². The summed E-state index contributed by atoms with van der Waals surface area (Å²) >= 11 is 0. The third kappa shape index (κ3) is 2.95. The minimum atomic E-state index is -3.70. The van der Waals surface area contributed by atoms with Crippen molar-refractivity contribution in [2.24, 2.45) is 0 Å². The molecule has 160 valence electrons. The molecular weight excluding hydrogens is 418 g/mol. The highest BCUT2D eigenvalue weighted by molar-refractivity contribution is 7.89. The Morgan fingerprint density at radius 1 is 1.33 bits per heavy atom. The number of nitrogens with zero attached hydrogens (tertiary/aromatic N) is 3. The molecule has 2 aliphatic heterocycles. The highest BCUT2D eigenvalue weighted by atomic mass is 32.2. The molecule has 5 rings (SSSR count). The van der Waals surface area contributed by atoms with E-state index in [-0.39, 0.29) is 60.9 Å². The van der Waals surface area contributed by atoms with Crippen LogP contribution in [0, 0.1) is 0 Å². The quantitative estimate of drug-likeness (QED) is 0.731. The van der Waals surface area contributed by atoms with E-state index in [0.29, 0.717) is 16.8 Å². The van der Waals surface area contributed by atoms with Crippen molar-refractivity contribution in [1.29, 1.82) is 0 Å². The van der Waals surface area contributed by atoms with E-state index in [9.17, 15) is 22.3 Å². The molecule has 1 aliphatic carbocycles. The van der Waals surface area contributed by atoms with E-state index in [0.717, 1.165) is 0 Å². The monoisotopic (exact) mass is 438 g/mol. The van der Waals surface area contributed by atoms with Gasteiger partial charge in [-0.05, 0) is 25.5 Å². The number of aliphatic hydroxyl groups is 1. The number of rotatable bonds is 2. The van der Waals surface area contributed by atoms with Gasteiger partial charge in [0.1, 0.15) is 22.9 Å². The number of benzene rings is 1. The summed E-state index contributed by atoms with van der Waals surface area (Å²) in [6, 6.07) is 4.19. The molecule has 3 heterocycles. The predicted octanol–water partition coefficient (Wildman–Crippen LogP) is 1.42. The number of ether oxygens (including phenoxy) is 1. The van der Waals surface area contributed by atoms with E-state index in [1.54, 1.807) is 17.9 Å². The summed E-state index contributed by atoms with van der Waals surface area (Å²) in [4.78, 5) is 10.4. The number of hydrogen-bond donors (Lipinski definition) is 2. The molecule has 3 aliphatic rings. The van der Waals surface area contributed by atoms with Crippen molar-refractivity contribution in [3.8, 4) is 17.0 Å². The summed E-state index contributed by atoms with van der Waals surface area (Å²) in [6.07, 6.45) is -0.802. The SMILES string of the molecule is C[C@H]1[C@H](O)CN1c1nc(-c2ccc3c(c2)OCCNS3(=O)=O)c2c(n1)C(F)(F)CC2. The second-order valence-electron chi connectivity index (χ2n) is 7.77. The average Bonchev–Trinajstić information content (AvgIpc) is 2.93. The molecule has 1 fully saturated rings.